The number of phenols is 1. The van der Waals surface area contributed by atoms with Crippen LogP contribution >= 0.6 is 0 Å². The third kappa shape index (κ3) is 5.99. The van der Waals surface area contributed by atoms with Gasteiger partial charge in [-0.1, -0.05) is 13.0 Å². The number of hydrogen-bond donors (Lipinski definition) is 3. The van der Waals surface area contributed by atoms with Gasteiger partial charge in [0.05, 0.1) is 50.2 Å². The number of morpholine rings is 1. The topological polar surface area (TPSA) is 139 Å². The van der Waals surface area contributed by atoms with E-state index in [0.717, 1.165) is 39.0 Å². The van der Waals surface area contributed by atoms with Crippen LogP contribution in [0.1, 0.15) is 44.4 Å². The van der Waals surface area contributed by atoms with Gasteiger partial charge < -0.3 is 35.1 Å². The van der Waals surface area contributed by atoms with Crippen LogP contribution in [-0.4, -0.2) is 100 Å². The average molecular weight is 689 g/mol. The zero-order chi connectivity index (χ0) is 34.8. The fourth-order valence-corrected chi connectivity index (χ4v) is 7.91. The lowest BCUT2D eigenvalue weighted by molar-refractivity contribution is -0.0123. The molecule has 13 heteroatoms. The number of nitrogens with zero attached hydrogens (tertiary/aromatic N) is 5. The van der Waals surface area contributed by atoms with Crippen LogP contribution in [0.4, 0.5) is 14.6 Å². The first kappa shape index (κ1) is 33.0. The zero-order valence-electron chi connectivity index (χ0n) is 28.3. The number of hydrogen-bond acceptors (Lipinski definition) is 11. The van der Waals surface area contributed by atoms with Gasteiger partial charge in [-0.15, -0.1) is 0 Å². The number of ether oxygens (including phenoxy) is 3. The minimum absolute atomic E-state index is 0.00496. The highest BCUT2D eigenvalue weighted by molar-refractivity contribution is 6.03. The van der Waals surface area contributed by atoms with Crippen molar-refractivity contribution in [3.05, 3.63) is 53.4 Å². The van der Waals surface area contributed by atoms with E-state index in [9.17, 15) is 10.2 Å². The van der Waals surface area contributed by atoms with Gasteiger partial charge in [-0.05, 0) is 79.4 Å². The van der Waals surface area contributed by atoms with Crippen LogP contribution in [0.15, 0.2) is 30.5 Å². The normalized spacial score (nSPS) is 24.9. The molecule has 3 atom stereocenters. The SMILES string of the molecule is CCc1c(F)ccc2cc(O)cc(-c3nc(/C=C\N)c4c(N5CCOCC(C)(O)C5)nc(OCC5(CN6CC7CC6CO7)CC5)nc4c3F)c12. The Morgan fingerprint density at radius 1 is 1.16 bits per heavy atom. The molecule has 8 rings (SSSR count). The van der Waals surface area contributed by atoms with E-state index >= 15 is 8.78 Å². The van der Waals surface area contributed by atoms with Crippen molar-refractivity contribution in [2.75, 3.05) is 57.5 Å². The molecule has 4 N–H and O–H groups in total. The Bertz CT molecular complexity index is 2000. The molecule has 4 aliphatic rings. The van der Waals surface area contributed by atoms with Gasteiger partial charge in [0, 0.05) is 36.7 Å². The van der Waals surface area contributed by atoms with Crippen molar-refractivity contribution in [2.45, 2.75) is 57.3 Å². The standard InChI is InChI=1S/C37H42F2N6O5/c1-3-25-27(38)5-4-21-12-23(46)14-26(29(21)25)32-31(39)33-30(28(41-32)6-9-40)34(44-10-11-48-19-36(2,47)17-44)43-35(42-33)50-20-37(7-8-37)18-45-15-24-13-22(45)16-49-24/h4-6,9,12,14,22,24,46-47H,3,7-8,10-11,13,15-20,40H2,1-2H3/b9-6-. The molecule has 5 heterocycles. The first-order chi connectivity index (χ1) is 24.1. The molecule has 0 radical (unpaired) electrons. The number of aromatic nitrogens is 3. The van der Waals surface area contributed by atoms with Gasteiger partial charge in [0.15, 0.2) is 5.82 Å². The second-order valence-electron chi connectivity index (χ2n) is 14.6. The van der Waals surface area contributed by atoms with E-state index in [2.05, 4.69) is 9.88 Å². The van der Waals surface area contributed by atoms with Crippen LogP contribution in [-0.2, 0) is 15.9 Å². The summed E-state index contributed by atoms with van der Waals surface area (Å²) >= 11 is 0. The number of aryl methyl sites for hydroxylation is 1. The molecular formula is C37H42F2N6O5. The summed E-state index contributed by atoms with van der Waals surface area (Å²) in [6, 6.07) is 6.24. The summed E-state index contributed by atoms with van der Waals surface area (Å²) in [5.74, 6) is -1.02. The van der Waals surface area contributed by atoms with Crippen molar-refractivity contribution in [3.63, 3.8) is 0 Å². The van der Waals surface area contributed by atoms with Crippen molar-refractivity contribution in [1.82, 2.24) is 19.9 Å². The summed E-state index contributed by atoms with van der Waals surface area (Å²) < 4.78 is 50.2. The number of pyridine rings is 1. The van der Waals surface area contributed by atoms with E-state index in [4.69, 9.17) is 29.9 Å². The van der Waals surface area contributed by atoms with Crippen molar-refractivity contribution in [1.29, 1.82) is 0 Å². The number of aliphatic hydroxyl groups is 1. The third-order valence-electron chi connectivity index (χ3n) is 10.6. The molecule has 11 nitrogen and oxygen atoms in total. The molecule has 3 saturated heterocycles. The lowest BCUT2D eigenvalue weighted by Gasteiger charge is -2.31. The van der Waals surface area contributed by atoms with Crippen LogP contribution in [0.2, 0.25) is 0 Å². The van der Waals surface area contributed by atoms with Crippen LogP contribution in [0.25, 0.3) is 39.0 Å². The van der Waals surface area contributed by atoms with Crippen LogP contribution in [0.5, 0.6) is 11.8 Å². The molecular weight excluding hydrogens is 646 g/mol. The third-order valence-corrected chi connectivity index (χ3v) is 10.6. The fraction of sp³-hybridized carbons (Fsp3) is 0.486. The largest absolute Gasteiger partial charge is 0.508 e. The van der Waals surface area contributed by atoms with Gasteiger partial charge in [0.25, 0.3) is 0 Å². The maximum Gasteiger partial charge on any atom is 0.319 e. The highest BCUT2D eigenvalue weighted by atomic mass is 19.1. The average Bonchev–Trinajstić information content (AvgIpc) is 3.60. The van der Waals surface area contributed by atoms with Gasteiger partial charge in [-0.25, -0.2) is 13.8 Å². The molecule has 2 bridgehead atoms. The number of rotatable bonds is 9. The molecule has 1 aliphatic carbocycles. The zero-order valence-corrected chi connectivity index (χ0v) is 28.3. The van der Waals surface area contributed by atoms with Crippen LogP contribution < -0.4 is 15.4 Å². The summed E-state index contributed by atoms with van der Waals surface area (Å²) in [6.07, 6.45) is 6.53. The van der Waals surface area contributed by atoms with Crippen molar-refractivity contribution >= 4 is 33.6 Å². The second-order valence-corrected chi connectivity index (χ2v) is 14.6. The molecule has 0 amide bonds. The molecule has 264 valence electrons. The number of likely N-dealkylation sites (tertiary alicyclic amines) is 1. The number of fused-ring (bicyclic) bond motifs is 4. The molecule has 50 heavy (non-hydrogen) atoms. The summed E-state index contributed by atoms with van der Waals surface area (Å²) in [6.45, 7) is 7.35. The van der Waals surface area contributed by atoms with Crippen molar-refractivity contribution < 1.29 is 33.2 Å². The van der Waals surface area contributed by atoms with Crippen LogP contribution in [0.3, 0.4) is 0 Å². The van der Waals surface area contributed by atoms with Gasteiger partial charge in [-0.2, -0.15) is 9.97 Å². The molecule has 3 unspecified atom stereocenters. The Labute approximate surface area is 288 Å². The Morgan fingerprint density at radius 3 is 2.72 bits per heavy atom. The quantitative estimate of drug-likeness (QED) is 0.229. The van der Waals surface area contributed by atoms with E-state index in [1.54, 1.807) is 13.0 Å². The Kier molecular flexibility index (Phi) is 8.28. The van der Waals surface area contributed by atoms with E-state index in [1.807, 2.05) is 11.8 Å². The first-order valence-electron chi connectivity index (χ1n) is 17.3. The highest BCUT2D eigenvalue weighted by Crippen LogP contribution is 2.48. The smallest absolute Gasteiger partial charge is 0.319 e. The van der Waals surface area contributed by atoms with Crippen LogP contribution in [0, 0.1) is 17.0 Å². The number of nitrogens with two attached hydrogens (primary N) is 1. The summed E-state index contributed by atoms with van der Waals surface area (Å²) in [7, 11) is 0. The molecule has 4 aromatic rings. The minimum atomic E-state index is -1.22. The minimum Gasteiger partial charge on any atom is -0.508 e. The number of aromatic hydroxyl groups is 1. The van der Waals surface area contributed by atoms with Gasteiger partial charge >= 0.3 is 6.01 Å². The van der Waals surface area contributed by atoms with E-state index in [1.165, 1.54) is 30.5 Å². The number of benzene rings is 2. The highest BCUT2D eigenvalue weighted by Gasteiger charge is 2.49. The number of β-amino-alcohol motifs (C(OH)–C–C–N with tert-alkyl or cyclic N) is 1. The Hall–Kier alpha value is -4.17. The monoisotopic (exact) mass is 688 g/mol. The predicted molar refractivity (Wildman–Crippen MR) is 185 cm³/mol. The van der Waals surface area contributed by atoms with Gasteiger partial charge in [0.1, 0.15) is 34.2 Å². The van der Waals surface area contributed by atoms with E-state index < -0.39 is 17.2 Å². The molecule has 2 aromatic carbocycles. The fourth-order valence-electron chi connectivity index (χ4n) is 7.91. The Balaban J connectivity index is 1.28. The molecule has 2 aromatic heterocycles. The number of anilines is 1. The van der Waals surface area contributed by atoms with Gasteiger partial charge in [0.2, 0.25) is 0 Å². The van der Waals surface area contributed by atoms with Crippen molar-refractivity contribution in [3.8, 4) is 23.0 Å². The van der Waals surface area contributed by atoms with E-state index in [-0.39, 0.29) is 58.2 Å². The molecule has 3 aliphatic heterocycles. The molecule has 4 fully saturated rings. The Morgan fingerprint density at radius 2 is 2.00 bits per heavy atom. The lowest BCUT2D eigenvalue weighted by Crippen LogP contribution is -2.42. The maximum atomic E-state index is 17.2. The van der Waals surface area contributed by atoms with Gasteiger partial charge in [-0.3, -0.25) is 4.90 Å². The maximum absolute atomic E-state index is 17.2. The lowest BCUT2D eigenvalue weighted by atomic mass is 9.94. The first-order valence-corrected chi connectivity index (χ1v) is 17.3. The summed E-state index contributed by atoms with van der Waals surface area (Å²) in [5, 5.41) is 23.1. The van der Waals surface area contributed by atoms with E-state index in [0.29, 0.717) is 60.5 Å². The summed E-state index contributed by atoms with van der Waals surface area (Å²) in [4.78, 5) is 18.6. The number of phenolic OH excluding ortho intramolecular Hbond substituents is 1. The number of halogens is 2. The predicted octanol–water partition coefficient (Wildman–Crippen LogP) is 4.54. The summed E-state index contributed by atoms with van der Waals surface area (Å²) in [5.41, 5.74) is 5.31. The molecule has 1 saturated carbocycles. The molecule has 0 spiro atoms. The second kappa shape index (κ2) is 12.6. The van der Waals surface area contributed by atoms with Crippen molar-refractivity contribution in [2.24, 2.45) is 11.1 Å².